The van der Waals surface area contributed by atoms with Gasteiger partial charge in [0.2, 0.25) is 11.8 Å². The normalized spacial score (nSPS) is 23.8. The lowest BCUT2D eigenvalue weighted by Crippen LogP contribution is -2.44. The molecule has 6 nitrogen and oxygen atoms in total. The Hall–Kier alpha value is -1.14. The van der Waals surface area contributed by atoms with Crippen molar-refractivity contribution in [2.45, 2.75) is 64.0 Å². The van der Waals surface area contributed by atoms with Crippen LogP contribution in [0.25, 0.3) is 0 Å². The molecule has 1 unspecified atom stereocenters. The summed E-state index contributed by atoms with van der Waals surface area (Å²) < 4.78 is 5.45. The van der Waals surface area contributed by atoms with Crippen LogP contribution in [0.15, 0.2) is 4.52 Å². The molecule has 1 saturated heterocycles. The topological polar surface area (TPSA) is 85.2 Å². The predicted octanol–water partition coefficient (Wildman–Crippen LogP) is 2.54. The molecular formula is C15H25ClN4O2. The highest BCUT2D eigenvalue weighted by Gasteiger charge is 2.40. The lowest BCUT2D eigenvalue weighted by Gasteiger charge is -2.35. The number of nitrogens with two attached hydrogens (primary N) is 1. The van der Waals surface area contributed by atoms with E-state index in [9.17, 15) is 4.79 Å². The molecule has 22 heavy (non-hydrogen) atoms. The van der Waals surface area contributed by atoms with Crippen LogP contribution in [0.3, 0.4) is 0 Å². The van der Waals surface area contributed by atoms with Crippen molar-refractivity contribution in [1.82, 2.24) is 15.0 Å². The van der Waals surface area contributed by atoms with Crippen molar-refractivity contribution in [3.8, 4) is 0 Å². The molecule has 0 radical (unpaired) electrons. The summed E-state index contributed by atoms with van der Waals surface area (Å²) in [6.45, 7) is 4.63. The third-order valence-electron chi connectivity index (χ3n) is 4.70. The maximum atomic E-state index is 12.4. The van der Waals surface area contributed by atoms with Gasteiger partial charge in [0, 0.05) is 12.5 Å². The third kappa shape index (κ3) is 2.99. The first-order valence-electron chi connectivity index (χ1n) is 7.95. The summed E-state index contributed by atoms with van der Waals surface area (Å²) in [5, 5.41) is 4.07. The number of carbonyl (C=O) groups is 1. The zero-order chi connectivity index (χ0) is 15.0. The average Bonchev–Trinajstić information content (AvgIpc) is 2.93. The predicted molar refractivity (Wildman–Crippen MR) is 84.4 cm³/mol. The molecule has 2 aliphatic rings. The highest BCUT2D eigenvalue weighted by atomic mass is 35.5. The van der Waals surface area contributed by atoms with Gasteiger partial charge in [-0.25, -0.2) is 0 Å². The summed E-state index contributed by atoms with van der Waals surface area (Å²) in [5.74, 6) is 1.30. The van der Waals surface area contributed by atoms with Crippen LogP contribution in [0.2, 0.25) is 0 Å². The molecule has 1 aromatic heterocycles. The fourth-order valence-electron chi connectivity index (χ4n) is 3.14. The second-order valence-electron chi connectivity index (χ2n) is 6.66. The summed E-state index contributed by atoms with van der Waals surface area (Å²) in [5.41, 5.74) is 5.83. The first kappa shape index (κ1) is 17.2. The van der Waals surface area contributed by atoms with Crippen molar-refractivity contribution in [3.63, 3.8) is 0 Å². The number of aromatic nitrogens is 2. The molecule has 1 aliphatic heterocycles. The molecular weight excluding hydrogens is 304 g/mol. The molecule has 3 rings (SSSR count). The number of hydrogen-bond acceptors (Lipinski definition) is 5. The van der Waals surface area contributed by atoms with E-state index in [1.807, 2.05) is 18.7 Å². The molecule has 0 spiro atoms. The van der Waals surface area contributed by atoms with Gasteiger partial charge in [-0.15, -0.1) is 12.4 Å². The Bertz CT molecular complexity index is 527. The van der Waals surface area contributed by atoms with Crippen LogP contribution in [0.4, 0.5) is 0 Å². The van der Waals surface area contributed by atoms with Gasteiger partial charge in [-0.05, 0) is 38.5 Å². The SMILES string of the molecule is CC(C)C(=O)N1CCCCC1c1nc(C2(N)CCC2)no1.Cl. The fourth-order valence-corrected chi connectivity index (χ4v) is 3.14. The van der Waals surface area contributed by atoms with Crippen LogP contribution in [0.5, 0.6) is 0 Å². The number of hydrogen-bond donors (Lipinski definition) is 1. The van der Waals surface area contributed by atoms with Gasteiger partial charge in [0.15, 0.2) is 5.82 Å². The lowest BCUT2D eigenvalue weighted by molar-refractivity contribution is -0.139. The van der Waals surface area contributed by atoms with E-state index >= 15 is 0 Å². The zero-order valence-corrected chi connectivity index (χ0v) is 14.1. The van der Waals surface area contributed by atoms with Crippen LogP contribution < -0.4 is 5.73 Å². The molecule has 1 amide bonds. The molecule has 2 heterocycles. The van der Waals surface area contributed by atoms with Crippen LogP contribution in [-0.2, 0) is 10.3 Å². The van der Waals surface area contributed by atoms with Crippen molar-refractivity contribution >= 4 is 18.3 Å². The van der Waals surface area contributed by atoms with E-state index in [0.29, 0.717) is 11.7 Å². The van der Waals surface area contributed by atoms with Gasteiger partial charge in [-0.2, -0.15) is 4.98 Å². The van der Waals surface area contributed by atoms with Gasteiger partial charge in [0.25, 0.3) is 0 Å². The van der Waals surface area contributed by atoms with E-state index in [1.54, 1.807) is 0 Å². The number of piperidine rings is 1. The molecule has 124 valence electrons. The molecule has 0 bridgehead atoms. The number of rotatable bonds is 3. The number of carbonyl (C=O) groups excluding carboxylic acids is 1. The standard InChI is InChI=1S/C15H24N4O2.ClH/c1-10(2)13(20)19-9-4-3-6-11(19)12-17-14(18-21-12)15(16)7-5-8-15;/h10-11H,3-9,16H2,1-2H3;1H. The molecule has 1 aliphatic carbocycles. The number of nitrogens with zero attached hydrogens (tertiary/aromatic N) is 3. The minimum absolute atomic E-state index is 0. The van der Waals surface area contributed by atoms with Gasteiger partial charge >= 0.3 is 0 Å². The summed E-state index contributed by atoms with van der Waals surface area (Å²) >= 11 is 0. The summed E-state index contributed by atoms with van der Waals surface area (Å²) in [6, 6.07) is -0.0847. The Labute approximate surface area is 137 Å². The maximum Gasteiger partial charge on any atom is 0.249 e. The van der Waals surface area contributed by atoms with Gasteiger partial charge in [0.1, 0.15) is 6.04 Å². The Morgan fingerprint density at radius 2 is 2.09 bits per heavy atom. The van der Waals surface area contributed by atoms with Crippen LogP contribution >= 0.6 is 12.4 Å². The minimum atomic E-state index is -0.413. The highest BCUT2D eigenvalue weighted by molar-refractivity contribution is 5.85. The zero-order valence-electron chi connectivity index (χ0n) is 13.2. The number of amides is 1. The van der Waals surface area contributed by atoms with E-state index in [-0.39, 0.29) is 30.3 Å². The van der Waals surface area contributed by atoms with Crippen molar-refractivity contribution in [1.29, 1.82) is 0 Å². The first-order valence-corrected chi connectivity index (χ1v) is 7.95. The van der Waals surface area contributed by atoms with Crippen molar-refractivity contribution in [2.75, 3.05) is 6.54 Å². The van der Waals surface area contributed by atoms with Crippen molar-refractivity contribution < 1.29 is 9.32 Å². The maximum absolute atomic E-state index is 12.4. The molecule has 0 aromatic carbocycles. The molecule has 2 fully saturated rings. The van der Waals surface area contributed by atoms with Crippen LogP contribution in [-0.4, -0.2) is 27.5 Å². The van der Waals surface area contributed by atoms with E-state index in [0.717, 1.165) is 45.1 Å². The molecule has 2 N–H and O–H groups in total. The Balaban J connectivity index is 0.00000176. The van der Waals surface area contributed by atoms with Gasteiger partial charge in [-0.3, -0.25) is 4.79 Å². The van der Waals surface area contributed by atoms with E-state index in [1.165, 1.54) is 0 Å². The third-order valence-corrected chi connectivity index (χ3v) is 4.70. The smallest absolute Gasteiger partial charge is 0.249 e. The average molecular weight is 329 g/mol. The van der Waals surface area contributed by atoms with E-state index in [2.05, 4.69) is 10.1 Å². The van der Waals surface area contributed by atoms with Crippen LogP contribution in [0.1, 0.15) is 70.1 Å². The van der Waals surface area contributed by atoms with Crippen LogP contribution in [0, 0.1) is 5.92 Å². The largest absolute Gasteiger partial charge is 0.337 e. The Kier molecular flexibility index (Phi) is 5.12. The van der Waals surface area contributed by atoms with E-state index in [4.69, 9.17) is 10.3 Å². The monoisotopic (exact) mass is 328 g/mol. The van der Waals surface area contributed by atoms with E-state index < -0.39 is 5.54 Å². The summed E-state index contributed by atoms with van der Waals surface area (Å²) in [7, 11) is 0. The fraction of sp³-hybridized carbons (Fsp3) is 0.800. The van der Waals surface area contributed by atoms with Gasteiger partial charge < -0.3 is 15.2 Å². The van der Waals surface area contributed by atoms with Crippen molar-refractivity contribution in [3.05, 3.63) is 11.7 Å². The molecule has 1 aromatic rings. The Morgan fingerprint density at radius 1 is 1.36 bits per heavy atom. The first-order chi connectivity index (χ1) is 10.0. The summed E-state index contributed by atoms with van der Waals surface area (Å²) in [4.78, 5) is 18.8. The van der Waals surface area contributed by atoms with Gasteiger partial charge in [0.05, 0.1) is 5.54 Å². The van der Waals surface area contributed by atoms with Gasteiger partial charge in [-0.1, -0.05) is 19.0 Å². The quantitative estimate of drug-likeness (QED) is 0.921. The number of halogens is 1. The molecule has 7 heteroatoms. The molecule has 1 atom stereocenters. The Morgan fingerprint density at radius 3 is 2.68 bits per heavy atom. The lowest BCUT2D eigenvalue weighted by atomic mass is 9.77. The second-order valence-corrected chi connectivity index (χ2v) is 6.66. The molecule has 1 saturated carbocycles. The second kappa shape index (κ2) is 6.54. The minimum Gasteiger partial charge on any atom is -0.337 e. The highest BCUT2D eigenvalue weighted by Crippen LogP contribution is 2.38. The number of likely N-dealkylation sites (tertiary alicyclic amines) is 1. The van der Waals surface area contributed by atoms with Crippen molar-refractivity contribution in [2.24, 2.45) is 11.7 Å². The summed E-state index contributed by atoms with van der Waals surface area (Å²) in [6.07, 6.45) is 5.94.